The number of carbonyl (C=O) groups excluding carboxylic acids is 1. The van der Waals surface area contributed by atoms with Gasteiger partial charge in [-0.1, -0.05) is 0 Å². The minimum Gasteiger partial charge on any atom is -0.491 e. The van der Waals surface area contributed by atoms with Gasteiger partial charge in [-0.15, -0.1) is 0 Å². The summed E-state index contributed by atoms with van der Waals surface area (Å²) < 4.78 is 36.2. The topological polar surface area (TPSA) is 35.5 Å². The predicted molar refractivity (Wildman–Crippen MR) is 58.1 cm³/mol. The fraction of sp³-hybridized carbons (Fsp3) is 0.417. The zero-order valence-electron chi connectivity index (χ0n) is 9.87. The highest BCUT2D eigenvalue weighted by Gasteiger charge is 2.42. The number of hydrogen-bond acceptors (Lipinski definition) is 3. The lowest BCUT2D eigenvalue weighted by molar-refractivity contribution is -0.170. The van der Waals surface area contributed by atoms with E-state index in [1.807, 2.05) is 13.8 Å². The van der Waals surface area contributed by atoms with Crippen molar-refractivity contribution in [1.82, 2.24) is 0 Å². The lowest BCUT2D eigenvalue weighted by atomic mass is 10.1. The second kappa shape index (κ2) is 5.12. The molecule has 5 heteroatoms. The molecule has 0 fully saturated rings. The fourth-order valence-electron chi connectivity index (χ4n) is 1.26. The van der Waals surface area contributed by atoms with Crippen LogP contribution in [-0.2, 0) is 15.5 Å². The van der Waals surface area contributed by atoms with Crippen LogP contribution >= 0.6 is 0 Å². The van der Waals surface area contributed by atoms with Gasteiger partial charge in [0.1, 0.15) is 5.75 Å². The largest absolute Gasteiger partial charge is 0.491 e. The summed E-state index contributed by atoms with van der Waals surface area (Å²) in [7, 11) is 0.923. The van der Waals surface area contributed by atoms with Crippen LogP contribution in [0, 0.1) is 0 Å². The maximum atomic E-state index is 13.4. The number of rotatable bonds is 4. The molecule has 0 aliphatic heterocycles. The summed E-state index contributed by atoms with van der Waals surface area (Å²) in [5.41, 5.74) is -0.416. The van der Waals surface area contributed by atoms with Crippen LogP contribution in [0.1, 0.15) is 19.4 Å². The van der Waals surface area contributed by atoms with E-state index in [1.165, 1.54) is 12.1 Å². The molecule has 1 aromatic rings. The molecule has 0 heterocycles. The first-order chi connectivity index (χ1) is 7.87. The van der Waals surface area contributed by atoms with Crippen LogP contribution in [0.25, 0.3) is 0 Å². The molecule has 0 radical (unpaired) electrons. The molecule has 0 atom stereocenters. The lowest BCUT2D eigenvalue weighted by Crippen LogP contribution is -2.27. The Morgan fingerprint density at radius 1 is 1.24 bits per heavy atom. The van der Waals surface area contributed by atoms with Gasteiger partial charge >= 0.3 is 11.9 Å². The summed E-state index contributed by atoms with van der Waals surface area (Å²) in [5.74, 6) is -4.73. The molecule has 0 aliphatic carbocycles. The molecule has 17 heavy (non-hydrogen) atoms. The Balaban J connectivity index is 2.90. The van der Waals surface area contributed by atoms with Crippen molar-refractivity contribution >= 4 is 5.97 Å². The van der Waals surface area contributed by atoms with Gasteiger partial charge in [-0.3, -0.25) is 0 Å². The van der Waals surface area contributed by atoms with Crippen LogP contribution < -0.4 is 4.74 Å². The van der Waals surface area contributed by atoms with Crippen molar-refractivity contribution in [3.05, 3.63) is 29.8 Å². The van der Waals surface area contributed by atoms with E-state index in [4.69, 9.17) is 4.74 Å². The van der Waals surface area contributed by atoms with E-state index in [2.05, 4.69) is 4.74 Å². The summed E-state index contributed by atoms with van der Waals surface area (Å²) in [5, 5.41) is 0. The van der Waals surface area contributed by atoms with Crippen molar-refractivity contribution in [2.75, 3.05) is 7.11 Å². The number of esters is 1. The Kier molecular flexibility index (Phi) is 4.04. The maximum Gasteiger partial charge on any atom is 0.381 e. The summed E-state index contributed by atoms with van der Waals surface area (Å²) in [6.45, 7) is 3.66. The molecule has 0 saturated carbocycles. The van der Waals surface area contributed by atoms with Crippen LogP contribution in [0.3, 0.4) is 0 Å². The number of alkyl halides is 2. The molecule has 0 unspecified atom stereocenters. The van der Waals surface area contributed by atoms with E-state index in [0.29, 0.717) is 5.75 Å². The van der Waals surface area contributed by atoms with Gasteiger partial charge in [0.15, 0.2) is 0 Å². The van der Waals surface area contributed by atoms with E-state index in [9.17, 15) is 13.6 Å². The van der Waals surface area contributed by atoms with E-state index in [-0.39, 0.29) is 6.10 Å². The van der Waals surface area contributed by atoms with Gasteiger partial charge in [0.2, 0.25) is 0 Å². The molecule has 0 aliphatic rings. The Bertz CT molecular complexity index is 385. The van der Waals surface area contributed by atoms with Gasteiger partial charge in [-0.25, -0.2) is 4.79 Å². The molecule has 1 aromatic carbocycles. The maximum absolute atomic E-state index is 13.4. The summed E-state index contributed by atoms with van der Waals surface area (Å²) in [6.07, 6.45) is -0.0398. The van der Waals surface area contributed by atoms with E-state index >= 15 is 0 Å². The smallest absolute Gasteiger partial charge is 0.381 e. The molecule has 0 saturated heterocycles. The quantitative estimate of drug-likeness (QED) is 0.764. The normalized spacial score (nSPS) is 11.4. The number of carbonyl (C=O) groups is 1. The van der Waals surface area contributed by atoms with E-state index in [1.54, 1.807) is 0 Å². The highest BCUT2D eigenvalue weighted by atomic mass is 19.3. The van der Waals surface area contributed by atoms with Crippen molar-refractivity contribution < 1.29 is 23.0 Å². The molecule has 3 nitrogen and oxygen atoms in total. The van der Waals surface area contributed by atoms with Crippen LogP contribution in [0.15, 0.2) is 24.3 Å². The number of methoxy groups -OCH3 is 1. The minimum atomic E-state index is -3.63. The lowest BCUT2D eigenvalue weighted by Gasteiger charge is -2.15. The molecule has 0 spiro atoms. The molecular formula is C12H14F2O3. The monoisotopic (exact) mass is 244 g/mol. The summed E-state index contributed by atoms with van der Waals surface area (Å²) in [6, 6.07) is 5.08. The number of halogens is 2. The first-order valence-electron chi connectivity index (χ1n) is 5.11. The number of benzene rings is 1. The highest BCUT2D eigenvalue weighted by molar-refractivity contribution is 5.79. The van der Waals surface area contributed by atoms with Gasteiger partial charge in [0, 0.05) is 5.56 Å². The van der Waals surface area contributed by atoms with Crippen LogP contribution in [0.5, 0.6) is 5.75 Å². The average Bonchev–Trinajstić information content (AvgIpc) is 2.27. The summed E-state index contributed by atoms with van der Waals surface area (Å²) in [4.78, 5) is 10.9. The Morgan fingerprint density at radius 3 is 2.18 bits per heavy atom. The first kappa shape index (κ1) is 13.4. The first-order valence-corrected chi connectivity index (χ1v) is 5.11. The van der Waals surface area contributed by atoms with Crippen molar-refractivity contribution in [2.45, 2.75) is 25.9 Å². The second-order valence-electron chi connectivity index (χ2n) is 3.76. The fourth-order valence-corrected chi connectivity index (χ4v) is 1.26. The van der Waals surface area contributed by atoms with Crippen LogP contribution in [0.2, 0.25) is 0 Å². The number of hydrogen-bond donors (Lipinski definition) is 0. The molecule has 0 N–H and O–H groups in total. The summed E-state index contributed by atoms with van der Waals surface area (Å²) >= 11 is 0. The second-order valence-corrected chi connectivity index (χ2v) is 3.76. The third kappa shape index (κ3) is 3.15. The highest BCUT2D eigenvalue weighted by Crippen LogP contribution is 2.30. The van der Waals surface area contributed by atoms with Crippen molar-refractivity contribution in [2.24, 2.45) is 0 Å². The Labute approximate surface area is 98.3 Å². The molecule has 0 bridgehead atoms. The zero-order chi connectivity index (χ0) is 13.1. The van der Waals surface area contributed by atoms with Gasteiger partial charge in [-0.05, 0) is 38.1 Å². The molecule has 0 aromatic heterocycles. The average molecular weight is 244 g/mol. The van der Waals surface area contributed by atoms with Gasteiger partial charge in [0.25, 0.3) is 0 Å². The van der Waals surface area contributed by atoms with Crippen molar-refractivity contribution in [3.63, 3.8) is 0 Å². The van der Waals surface area contributed by atoms with Crippen molar-refractivity contribution in [3.8, 4) is 5.75 Å². The molecule has 94 valence electrons. The van der Waals surface area contributed by atoms with Crippen molar-refractivity contribution in [1.29, 1.82) is 0 Å². The van der Waals surface area contributed by atoms with E-state index < -0.39 is 17.5 Å². The van der Waals surface area contributed by atoms with E-state index in [0.717, 1.165) is 19.2 Å². The van der Waals surface area contributed by atoms with Gasteiger partial charge in [-0.2, -0.15) is 8.78 Å². The van der Waals surface area contributed by atoms with Gasteiger partial charge in [0.05, 0.1) is 13.2 Å². The van der Waals surface area contributed by atoms with Gasteiger partial charge < -0.3 is 9.47 Å². The number of ether oxygens (including phenoxy) is 2. The molecule has 0 amide bonds. The van der Waals surface area contributed by atoms with Crippen LogP contribution in [-0.4, -0.2) is 19.2 Å². The predicted octanol–water partition coefficient (Wildman–Crippen LogP) is 2.74. The van der Waals surface area contributed by atoms with Crippen LogP contribution in [0.4, 0.5) is 8.78 Å². The standard InChI is InChI=1S/C12H14F2O3/c1-8(2)17-10-6-4-9(5-7-10)12(13,14)11(15)16-3/h4-8H,1-3H3. The molecule has 1 rings (SSSR count). The Morgan fingerprint density at radius 2 is 1.76 bits per heavy atom. The minimum absolute atomic E-state index is 0.0398. The third-order valence-electron chi connectivity index (χ3n) is 2.03. The zero-order valence-corrected chi connectivity index (χ0v) is 9.87. The third-order valence-corrected chi connectivity index (χ3v) is 2.03. The Hall–Kier alpha value is -1.65. The SMILES string of the molecule is COC(=O)C(F)(F)c1ccc(OC(C)C)cc1. The molecular weight excluding hydrogens is 230 g/mol.